The molecule has 1 heteroatoms. The quantitative estimate of drug-likeness (QED) is 0.658. The van der Waals surface area contributed by atoms with Crippen LogP contribution in [0.25, 0.3) is 6.08 Å². The Labute approximate surface area is 85.7 Å². The van der Waals surface area contributed by atoms with Crippen LogP contribution in [0.3, 0.4) is 0 Å². The fraction of sp³-hybridized carbons (Fsp3) is 0.231. The minimum Gasteiger partial charge on any atom is -0.496 e. The Balaban J connectivity index is 3.23. The van der Waals surface area contributed by atoms with E-state index in [0.29, 0.717) is 0 Å². The molecule has 74 valence electrons. The molecule has 1 aromatic rings. The molecule has 0 aliphatic heterocycles. The van der Waals surface area contributed by atoms with E-state index in [0.717, 1.165) is 23.3 Å². The van der Waals surface area contributed by atoms with Crippen LogP contribution in [0.1, 0.15) is 16.7 Å². The Hall–Kier alpha value is -1.50. The van der Waals surface area contributed by atoms with Gasteiger partial charge < -0.3 is 4.74 Å². The van der Waals surface area contributed by atoms with E-state index in [1.807, 2.05) is 25.1 Å². The number of ether oxygens (including phenoxy) is 1. The fourth-order valence-corrected chi connectivity index (χ4v) is 1.48. The first-order chi connectivity index (χ1) is 6.72. The molecular weight excluding hydrogens is 172 g/mol. The molecule has 0 radical (unpaired) electrons. The predicted octanol–water partition coefficient (Wildman–Crippen LogP) is 3.38. The van der Waals surface area contributed by atoms with Crippen molar-refractivity contribution in [2.24, 2.45) is 0 Å². The third kappa shape index (κ3) is 2.05. The van der Waals surface area contributed by atoms with Gasteiger partial charge in [0.15, 0.2) is 0 Å². The molecule has 1 rings (SSSR count). The maximum atomic E-state index is 5.29. The molecule has 0 saturated heterocycles. The Bertz CT molecular complexity index is 350. The number of methoxy groups -OCH3 is 1. The first-order valence-electron chi connectivity index (χ1n) is 4.63. The van der Waals surface area contributed by atoms with Gasteiger partial charge in [-0.3, -0.25) is 0 Å². The van der Waals surface area contributed by atoms with Crippen LogP contribution in [0.15, 0.2) is 31.4 Å². The third-order valence-corrected chi connectivity index (χ3v) is 2.28. The summed E-state index contributed by atoms with van der Waals surface area (Å²) < 4.78 is 5.29. The van der Waals surface area contributed by atoms with Crippen LogP contribution in [-0.4, -0.2) is 7.11 Å². The van der Waals surface area contributed by atoms with Crippen LogP contribution < -0.4 is 4.74 Å². The van der Waals surface area contributed by atoms with Gasteiger partial charge in [0.2, 0.25) is 0 Å². The van der Waals surface area contributed by atoms with E-state index in [-0.39, 0.29) is 0 Å². The monoisotopic (exact) mass is 188 g/mol. The van der Waals surface area contributed by atoms with Gasteiger partial charge >= 0.3 is 0 Å². The molecule has 0 atom stereocenters. The van der Waals surface area contributed by atoms with Crippen molar-refractivity contribution in [2.75, 3.05) is 7.11 Å². The molecule has 0 amide bonds. The molecule has 0 unspecified atom stereocenters. The summed E-state index contributed by atoms with van der Waals surface area (Å²) in [4.78, 5) is 0. The molecule has 0 fully saturated rings. The van der Waals surface area contributed by atoms with Gasteiger partial charge in [-0.1, -0.05) is 24.8 Å². The Kier molecular flexibility index (Phi) is 3.52. The highest BCUT2D eigenvalue weighted by Crippen LogP contribution is 2.24. The molecule has 0 N–H and O–H groups in total. The fourth-order valence-electron chi connectivity index (χ4n) is 1.48. The maximum Gasteiger partial charge on any atom is 0.122 e. The van der Waals surface area contributed by atoms with Gasteiger partial charge in [0.05, 0.1) is 7.11 Å². The van der Waals surface area contributed by atoms with Gasteiger partial charge in [0.25, 0.3) is 0 Å². The second kappa shape index (κ2) is 4.66. The van der Waals surface area contributed by atoms with Crippen molar-refractivity contribution in [1.82, 2.24) is 0 Å². The topological polar surface area (TPSA) is 9.23 Å². The molecule has 1 nitrogen and oxygen atoms in total. The molecule has 0 spiro atoms. The summed E-state index contributed by atoms with van der Waals surface area (Å²) in [7, 11) is 1.69. The van der Waals surface area contributed by atoms with Crippen molar-refractivity contribution in [3.63, 3.8) is 0 Å². The SMILES string of the molecule is C=CCc1cc(C=C)c(C)c(OC)c1. The standard InChI is InChI=1S/C13H16O/c1-5-7-11-8-12(6-2)10(3)13(9-11)14-4/h5-6,8-9H,1-2,7H2,3-4H3. The van der Waals surface area contributed by atoms with E-state index < -0.39 is 0 Å². The lowest BCUT2D eigenvalue weighted by molar-refractivity contribution is 0.411. The average molecular weight is 188 g/mol. The zero-order valence-electron chi connectivity index (χ0n) is 8.84. The molecule has 0 aromatic heterocycles. The van der Waals surface area contributed by atoms with Gasteiger partial charge in [-0.2, -0.15) is 0 Å². The first kappa shape index (κ1) is 10.6. The number of hydrogen-bond acceptors (Lipinski definition) is 1. The highest BCUT2D eigenvalue weighted by atomic mass is 16.5. The summed E-state index contributed by atoms with van der Waals surface area (Å²) in [6.45, 7) is 9.55. The van der Waals surface area contributed by atoms with Gasteiger partial charge in [0.1, 0.15) is 5.75 Å². The number of benzene rings is 1. The predicted molar refractivity (Wildman–Crippen MR) is 61.7 cm³/mol. The van der Waals surface area contributed by atoms with Gasteiger partial charge in [-0.05, 0) is 36.1 Å². The lowest BCUT2D eigenvalue weighted by Gasteiger charge is -2.10. The van der Waals surface area contributed by atoms with Crippen LogP contribution in [-0.2, 0) is 6.42 Å². The molecule has 0 aliphatic rings. The van der Waals surface area contributed by atoms with E-state index in [1.54, 1.807) is 7.11 Å². The minimum atomic E-state index is 0.859. The van der Waals surface area contributed by atoms with Crippen LogP contribution in [0.5, 0.6) is 5.75 Å². The molecule has 1 aromatic carbocycles. The molecule has 0 saturated carbocycles. The minimum absolute atomic E-state index is 0.859. The highest BCUT2D eigenvalue weighted by Gasteiger charge is 2.04. The lowest BCUT2D eigenvalue weighted by Crippen LogP contribution is -1.93. The second-order valence-corrected chi connectivity index (χ2v) is 3.21. The zero-order chi connectivity index (χ0) is 10.6. The molecular formula is C13H16O. The molecule has 0 heterocycles. The van der Waals surface area contributed by atoms with E-state index in [2.05, 4.69) is 19.2 Å². The number of rotatable bonds is 4. The third-order valence-electron chi connectivity index (χ3n) is 2.28. The average Bonchev–Trinajstić information content (AvgIpc) is 2.20. The Morgan fingerprint density at radius 1 is 1.36 bits per heavy atom. The van der Waals surface area contributed by atoms with E-state index >= 15 is 0 Å². The first-order valence-corrected chi connectivity index (χ1v) is 4.63. The number of allylic oxidation sites excluding steroid dienone is 1. The van der Waals surface area contributed by atoms with Crippen molar-refractivity contribution in [1.29, 1.82) is 0 Å². The van der Waals surface area contributed by atoms with Crippen LogP contribution in [0.2, 0.25) is 0 Å². The van der Waals surface area contributed by atoms with Crippen LogP contribution >= 0.6 is 0 Å². The summed E-state index contributed by atoms with van der Waals surface area (Å²) in [5.41, 5.74) is 3.47. The second-order valence-electron chi connectivity index (χ2n) is 3.21. The van der Waals surface area contributed by atoms with Gasteiger partial charge in [-0.25, -0.2) is 0 Å². The van der Waals surface area contributed by atoms with E-state index in [1.165, 1.54) is 5.56 Å². The van der Waals surface area contributed by atoms with E-state index in [4.69, 9.17) is 4.74 Å². The summed E-state index contributed by atoms with van der Waals surface area (Å²) >= 11 is 0. The Morgan fingerprint density at radius 3 is 2.57 bits per heavy atom. The van der Waals surface area contributed by atoms with Crippen LogP contribution in [0, 0.1) is 6.92 Å². The van der Waals surface area contributed by atoms with Gasteiger partial charge in [-0.15, -0.1) is 6.58 Å². The normalized spacial score (nSPS) is 9.57. The van der Waals surface area contributed by atoms with Crippen molar-refractivity contribution in [3.8, 4) is 5.75 Å². The summed E-state index contributed by atoms with van der Waals surface area (Å²) in [6, 6.07) is 4.16. The summed E-state index contributed by atoms with van der Waals surface area (Å²) in [5.74, 6) is 0.916. The lowest BCUT2D eigenvalue weighted by atomic mass is 10.0. The van der Waals surface area contributed by atoms with Crippen molar-refractivity contribution in [2.45, 2.75) is 13.3 Å². The van der Waals surface area contributed by atoms with Gasteiger partial charge in [0, 0.05) is 0 Å². The Morgan fingerprint density at radius 2 is 2.07 bits per heavy atom. The van der Waals surface area contributed by atoms with Crippen molar-refractivity contribution >= 4 is 6.08 Å². The van der Waals surface area contributed by atoms with Crippen LogP contribution in [0.4, 0.5) is 0 Å². The maximum absolute atomic E-state index is 5.29. The summed E-state index contributed by atoms with van der Waals surface area (Å²) in [6.07, 6.45) is 4.60. The molecule has 14 heavy (non-hydrogen) atoms. The smallest absolute Gasteiger partial charge is 0.122 e. The van der Waals surface area contributed by atoms with Crippen molar-refractivity contribution < 1.29 is 4.74 Å². The number of hydrogen-bond donors (Lipinski definition) is 0. The summed E-state index contributed by atoms with van der Waals surface area (Å²) in [5, 5.41) is 0. The largest absolute Gasteiger partial charge is 0.496 e. The van der Waals surface area contributed by atoms with E-state index in [9.17, 15) is 0 Å². The van der Waals surface area contributed by atoms with Crippen molar-refractivity contribution in [3.05, 3.63) is 48.1 Å². The zero-order valence-corrected chi connectivity index (χ0v) is 8.84. The highest BCUT2D eigenvalue weighted by molar-refractivity contribution is 5.58. The molecule has 0 aliphatic carbocycles. The molecule has 0 bridgehead atoms.